The summed E-state index contributed by atoms with van der Waals surface area (Å²) in [4.78, 5) is 52.7. The number of fused-ring (bicyclic) bond motifs is 1. The van der Waals surface area contributed by atoms with E-state index in [9.17, 15) is 19.2 Å². The highest BCUT2D eigenvalue weighted by Crippen LogP contribution is 2.16. The van der Waals surface area contributed by atoms with Gasteiger partial charge in [-0.25, -0.2) is 4.79 Å². The third kappa shape index (κ3) is 5.36. The summed E-state index contributed by atoms with van der Waals surface area (Å²) >= 11 is 0. The van der Waals surface area contributed by atoms with E-state index < -0.39 is 24.0 Å². The number of amides is 2. The molecular weight excluding hydrogens is 398 g/mol. The van der Waals surface area contributed by atoms with Gasteiger partial charge in [0.2, 0.25) is 11.5 Å². The van der Waals surface area contributed by atoms with Gasteiger partial charge >= 0.3 is 5.97 Å². The predicted octanol–water partition coefficient (Wildman–Crippen LogP) is 2.34. The quantitative estimate of drug-likeness (QED) is 0.569. The lowest BCUT2D eigenvalue weighted by Crippen LogP contribution is -2.37. The van der Waals surface area contributed by atoms with Crippen LogP contribution in [0.15, 0.2) is 59.4 Å². The topological polar surface area (TPSA) is 109 Å². The first kappa shape index (κ1) is 21.8. The number of aromatic amines is 1. The number of benzene rings is 2. The number of carbonyl (C=O) groups excluding carboxylic acids is 3. The van der Waals surface area contributed by atoms with Crippen molar-refractivity contribution in [2.24, 2.45) is 0 Å². The van der Waals surface area contributed by atoms with Crippen LogP contribution in [0.5, 0.6) is 0 Å². The van der Waals surface area contributed by atoms with Crippen molar-refractivity contribution in [2.45, 2.75) is 13.3 Å². The summed E-state index contributed by atoms with van der Waals surface area (Å²) in [6.45, 7) is 1.25. The van der Waals surface area contributed by atoms with Gasteiger partial charge in [-0.2, -0.15) is 0 Å². The van der Waals surface area contributed by atoms with Gasteiger partial charge in [0.1, 0.15) is 0 Å². The number of likely N-dealkylation sites (N-methyl/N-ethyl adjacent to an activating group) is 1. The zero-order valence-electron chi connectivity index (χ0n) is 17.3. The number of carbonyl (C=O) groups is 3. The third-order valence-electron chi connectivity index (χ3n) is 4.78. The van der Waals surface area contributed by atoms with Crippen LogP contribution in [0.2, 0.25) is 0 Å². The molecule has 0 radical (unpaired) electrons. The van der Waals surface area contributed by atoms with Crippen LogP contribution in [-0.2, 0) is 20.7 Å². The van der Waals surface area contributed by atoms with Crippen molar-refractivity contribution in [1.82, 2.24) is 9.88 Å². The number of hydrogen-bond acceptors (Lipinski definition) is 5. The first-order chi connectivity index (χ1) is 14.9. The maximum Gasteiger partial charge on any atom is 0.339 e. The van der Waals surface area contributed by atoms with Gasteiger partial charge in [-0.15, -0.1) is 0 Å². The molecule has 0 aliphatic rings. The second-order valence-electron chi connectivity index (χ2n) is 6.98. The molecule has 2 amide bonds. The summed E-state index contributed by atoms with van der Waals surface area (Å²) in [5, 5.41) is 3.30. The Morgan fingerprint density at radius 3 is 2.55 bits per heavy atom. The minimum atomic E-state index is -0.787. The van der Waals surface area contributed by atoms with E-state index in [0.29, 0.717) is 16.6 Å². The van der Waals surface area contributed by atoms with Crippen LogP contribution in [0.25, 0.3) is 10.9 Å². The molecule has 2 aromatic carbocycles. The lowest BCUT2D eigenvalue weighted by atomic mass is 10.1. The molecule has 0 bridgehead atoms. The molecule has 0 saturated carbocycles. The minimum Gasteiger partial charge on any atom is -0.452 e. The van der Waals surface area contributed by atoms with Gasteiger partial charge in [-0.1, -0.05) is 43.3 Å². The van der Waals surface area contributed by atoms with Gasteiger partial charge in [0.15, 0.2) is 6.61 Å². The summed E-state index contributed by atoms with van der Waals surface area (Å²) < 4.78 is 5.10. The lowest BCUT2D eigenvalue weighted by molar-refractivity contribution is -0.136. The summed E-state index contributed by atoms with van der Waals surface area (Å²) in [6.07, 6.45) is 0.762. The first-order valence-electron chi connectivity index (χ1n) is 9.80. The van der Waals surface area contributed by atoms with Gasteiger partial charge in [0.05, 0.1) is 12.1 Å². The van der Waals surface area contributed by atoms with Crippen molar-refractivity contribution in [3.63, 3.8) is 0 Å². The van der Waals surface area contributed by atoms with Crippen LogP contribution in [0.1, 0.15) is 22.8 Å². The summed E-state index contributed by atoms with van der Waals surface area (Å²) in [7, 11) is 1.45. The number of hydrogen-bond donors (Lipinski definition) is 2. The number of para-hydroxylation sites is 2. The van der Waals surface area contributed by atoms with E-state index in [1.54, 1.807) is 30.3 Å². The van der Waals surface area contributed by atoms with Crippen molar-refractivity contribution < 1.29 is 19.1 Å². The zero-order valence-corrected chi connectivity index (χ0v) is 17.3. The van der Waals surface area contributed by atoms with Crippen molar-refractivity contribution >= 4 is 34.4 Å². The van der Waals surface area contributed by atoms with Crippen LogP contribution in [-0.4, -0.2) is 47.9 Å². The van der Waals surface area contributed by atoms with Crippen LogP contribution in [0.3, 0.4) is 0 Å². The number of rotatable bonds is 7. The summed E-state index contributed by atoms with van der Waals surface area (Å²) in [5.74, 6) is -1.68. The van der Waals surface area contributed by atoms with E-state index in [4.69, 9.17) is 4.74 Å². The lowest BCUT2D eigenvalue weighted by Gasteiger charge is -2.17. The fourth-order valence-electron chi connectivity index (χ4n) is 3.13. The molecule has 2 N–H and O–H groups in total. The highest BCUT2D eigenvalue weighted by atomic mass is 16.5. The maximum absolute atomic E-state index is 12.4. The van der Waals surface area contributed by atoms with Crippen LogP contribution in [0.4, 0.5) is 5.69 Å². The molecule has 0 saturated heterocycles. The second-order valence-corrected chi connectivity index (χ2v) is 6.98. The number of H-pyrrole nitrogens is 1. The Hall–Kier alpha value is -3.94. The highest BCUT2D eigenvalue weighted by molar-refractivity contribution is 6.03. The number of nitrogens with zero attached hydrogens (tertiary/aromatic N) is 1. The van der Waals surface area contributed by atoms with E-state index in [-0.39, 0.29) is 18.0 Å². The number of aryl methyl sites for hydroxylation is 1. The van der Waals surface area contributed by atoms with E-state index in [1.807, 2.05) is 25.1 Å². The molecule has 0 aliphatic heterocycles. The van der Waals surface area contributed by atoms with Gasteiger partial charge < -0.3 is 19.9 Å². The maximum atomic E-state index is 12.4. The van der Waals surface area contributed by atoms with Crippen molar-refractivity contribution in [3.05, 3.63) is 76.1 Å². The molecule has 0 aliphatic carbocycles. The van der Waals surface area contributed by atoms with Gasteiger partial charge in [-0.05, 0) is 24.1 Å². The SMILES string of the molecule is CCc1ccccc1NC(=O)CN(C)C(=O)COC(=O)c1cc(=O)[nH]c2ccccc12. The van der Waals surface area contributed by atoms with Crippen LogP contribution in [0, 0.1) is 0 Å². The zero-order chi connectivity index (χ0) is 22.4. The van der Waals surface area contributed by atoms with E-state index in [1.165, 1.54) is 11.9 Å². The Morgan fingerprint density at radius 1 is 1.06 bits per heavy atom. The number of nitrogens with one attached hydrogen (secondary N) is 2. The molecule has 8 nitrogen and oxygen atoms in total. The Morgan fingerprint density at radius 2 is 1.77 bits per heavy atom. The van der Waals surface area contributed by atoms with E-state index >= 15 is 0 Å². The molecule has 3 aromatic rings. The summed E-state index contributed by atoms with van der Waals surface area (Å²) in [6, 6.07) is 15.4. The Balaban J connectivity index is 1.58. The standard InChI is InChI=1S/C23H23N3O5/c1-3-15-8-4-6-10-18(15)24-21(28)13-26(2)22(29)14-31-23(30)17-12-20(27)25-19-11-7-5-9-16(17)19/h4-12H,3,13-14H2,1-2H3,(H,24,28)(H,25,27). The number of anilines is 1. The fraction of sp³-hybridized carbons (Fsp3) is 0.217. The Kier molecular flexibility index (Phi) is 6.81. The van der Waals surface area contributed by atoms with Crippen molar-refractivity contribution in [3.8, 4) is 0 Å². The normalized spacial score (nSPS) is 10.5. The third-order valence-corrected chi connectivity index (χ3v) is 4.78. The Labute approximate surface area is 178 Å². The Bertz CT molecular complexity index is 1190. The molecule has 0 fully saturated rings. The van der Waals surface area contributed by atoms with Crippen molar-refractivity contribution in [2.75, 3.05) is 25.5 Å². The van der Waals surface area contributed by atoms with Gasteiger partial charge in [-0.3, -0.25) is 14.4 Å². The molecule has 1 heterocycles. The van der Waals surface area contributed by atoms with Gasteiger partial charge in [0, 0.05) is 29.7 Å². The molecule has 160 valence electrons. The molecule has 8 heteroatoms. The minimum absolute atomic E-state index is 0.0729. The summed E-state index contributed by atoms with van der Waals surface area (Å²) in [5.41, 5.74) is 1.81. The molecule has 0 spiro atoms. The number of ether oxygens (including phenoxy) is 1. The monoisotopic (exact) mass is 421 g/mol. The molecule has 3 rings (SSSR count). The molecule has 1 aromatic heterocycles. The number of esters is 1. The van der Waals surface area contributed by atoms with Crippen LogP contribution >= 0.6 is 0 Å². The fourth-order valence-corrected chi connectivity index (χ4v) is 3.13. The smallest absolute Gasteiger partial charge is 0.339 e. The molecular formula is C23H23N3O5. The largest absolute Gasteiger partial charge is 0.452 e. The average Bonchev–Trinajstić information content (AvgIpc) is 2.76. The average molecular weight is 421 g/mol. The van der Waals surface area contributed by atoms with Crippen molar-refractivity contribution in [1.29, 1.82) is 0 Å². The highest BCUT2D eigenvalue weighted by Gasteiger charge is 2.18. The second kappa shape index (κ2) is 9.71. The first-order valence-corrected chi connectivity index (χ1v) is 9.80. The van der Waals surface area contributed by atoms with E-state index in [0.717, 1.165) is 18.1 Å². The van der Waals surface area contributed by atoms with Crippen LogP contribution < -0.4 is 10.9 Å². The molecule has 31 heavy (non-hydrogen) atoms. The van der Waals surface area contributed by atoms with Gasteiger partial charge in [0.25, 0.3) is 5.91 Å². The number of pyridine rings is 1. The molecule has 0 unspecified atom stereocenters. The molecule has 0 atom stereocenters. The number of aromatic nitrogens is 1. The van der Waals surface area contributed by atoms with E-state index in [2.05, 4.69) is 10.3 Å². The predicted molar refractivity (Wildman–Crippen MR) is 117 cm³/mol.